The van der Waals surface area contributed by atoms with Crippen molar-refractivity contribution >= 4 is 5.82 Å². The molecule has 0 saturated carbocycles. The van der Waals surface area contributed by atoms with E-state index in [-0.39, 0.29) is 12.6 Å². The van der Waals surface area contributed by atoms with Crippen LogP contribution in [0.1, 0.15) is 22.5 Å². The zero-order valence-electron chi connectivity index (χ0n) is 14.8. The Hall–Kier alpha value is -2.99. The Morgan fingerprint density at radius 3 is 2.89 bits per heavy atom. The van der Waals surface area contributed by atoms with Crippen LogP contribution in [0.25, 0.3) is 0 Å². The summed E-state index contributed by atoms with van der Waals surface area (Å²) >= 11 is 0. The molecule has 1 aliphatic heterocycles. The number of fused-ring (bicyclic) bond motifs is 1. The van der Waals surface area contributed by atoms with Gasteiger partial charge in [-0.05, 0) is 35.7 Å². The van der Waals surface area contributed by atoms with Crippen molar-refractivity contribution in [2.24, 2.45) is 0 Å². The lowest BCUT2D eigenvalue weighted by atomic mass is 10.1. The molecule has 1 N–H and O–H groups in total. The van der Waals surface area contributed by atoms with Crippen LogP contribution < -0.4 is 10.1 Å². The number of anilines is 1. The van der Waals surface area contributed by atoms with Crippen molar-refractivity contribution < 1.29 is 13.9 Å². The van der Waals surface area contributed by atoms with Crippen molar-refractivity contribution in [3.05, 3.63) is 83.1 Å². The summed E-state index contributed by atoms with van der Waals surface area (Å²) in [7, 11) is 0. The Balaban J connectivity index is 1.40. The van der Waals surface area contributed by atoms with Gasteiger partial charge in [-0.2, -0.15) is 0 Å². The normalized spacial score (nSPS) is 12.9. The van der Waals surface area contributed by atoms with Crippen LogP contribution in [0.15, 0.2) is 54.7 Å². The number of rotatable bonds is 6. The Labute approximate surface area is 157 Å². The third-order valence-electron chi connectivity index (χ3n) is 4.36. The van der Waals surface area contributed by atoms with E-state index >= 15 is 0 Å². The van der Waals surface area contributed by atoms with Gasteiger partial charge < -0.3 is 14.8 Å². The number of aromatic nitrogens is 2. The lowest BCUT2D eigenvalue weighted by Gasteiger charge is -2.21. The summed E-state index contributed by atoms with van der Waals surface area (Å²) in [6.07, 6.45) is 3.05. The van der Waals surface area contributed by atoms with Crippen molar-refractivity contribution in [2.75, 3.05) is 18.7 Å². The molecule has 138 valence electrons. The van der Waals surface area contributed by atoms with Gasteiger partial charge >= 0.3 is 0 Å². The predicted octanol–water partition coefficient (Wildman–Crippen LogP) is 3.73. The lowest BCUT2D eigenvalue weighted by Crippen LogP contribution is -2.15. The first-order chi connectivity index (χ1) is 13.3. The summed E-state index contributed by atoms with van der Waals surface area (Å²) < 4.78 is 24.6. The summed E-state index contributed by atoms with van der Waals surface area (Å²) in [5.41, 5.74) is 2.75. The molecule has 1 aromatic heterocycles. The lowest BCUT2D eigenvalue weighted by molar-refractivity contribution is -0.0172. The van der Waals surface area contributed by atoms with E-state index in [0.717, 1.165) is 28.5 Å². The second-order valence-corrected chi connectivity index (χ2v) is 6.36. The quantitative estimate of drug-likeness (QED) is 0.721. The topological polar surface area (TPSA) is 56.3 Å². The molecule has 3 aromatic rings. The zero-order chi connectivity index (χ0) is 18.5. The average Bonchev–Trinajstić information content (AvgIpc) is 2.69. The molecule has 0 amide bonds. The molecule has 0 atom stereocenters. The monoisotopic (exact) mass is 365 g/mol. The molecular weight excluding hydrogens is 345 g/mol. The largest absolute Gasteiger partial charge is 0.467 e. The van der Waals surface area contributed by atoms with Gasteiger partial charge in [0.15, 0.2) is 6.79 Å². The maximum Gasteiger partial charge on any atom is 0.189 e. The van der Waals surface area contributed by atoms with Crippen molar-refractivity contribution in [3.63, 3.8) is 0 Å². The SMILES string of the molecule is Fc1cc(CCNc2ccnc(Cc3ccccc3)n2)c2c(c1)COCO2. The second kappa shape index (κ2) is 8.14. The molecule has 27 heavy (non-hydrogen) atoms. The molecule has 0 unspecified atom stereocenters. The fourth-order valence-electron chi connectivity index (χ4n) is 3.13. The van der Waals surface area contributed by atoms with Gasteiger partial charge in [-0.15, -0.1) is 0 Å². The van der Waals surface area contributed by atoms with Gasteiger partial charge in [0.1, 0.15) is 23.2 Å². The minimum atomic E-state index is -0.273. The third kappa shape index (κ3) is 4.41. The molecule has 2 heterocycles. The van der Waals surface area contributed by atoms with E-state index in [4.69, 9.17) is 9.47 Å². The smallest absolute Gasteiger partial charge is 0.189 e. The van der Waals surface area contributed by atoms with E-state index in [9.17, 15) is 4.39 Å². The van der Waals surface area contributed by atoms with Crippen molar-refractivity contribution in [1.29, 1.82) is 0 Å². The highest BCUT2D eigenvalue weighted by molar-refractivity contribution is 5.43. The molecule has 0 aliphatic carbocycles. The first kappa shape index (κ1) is 17.4. The van der Waals surface area contributed by atoms with Gasteiger partial charge in [-0.1, -0.05) is 30.3 Å². The van der Waals surface area contributed by atoms with E-state index in [1.165, 1.54) is 17.7 Å². The maximum atomic E-state index is 13.8. The van der Waals surface area contributed by atoms with E-state index in [1.54, 1.807) is 6.20 Å². The maximum absolute atomic E-state index is 13.8. The van der Waals surface area contributed by atoms with Crippen LogP contribution >= 0.6 is 0 Å². The Kier molecular flexibility index (Phi) is 5.25. The van der Waals surface area contributed by atoms with Crippen molar-refractivity contribution in [3.8, 4) is 5.75 Å². The predicted molar refractivity (Wildman–Crippen MR) is 100 cm³/mol. The summed E-state index contributed by atoms with van der Waals surface area (Å²) in [5, 5.41) is 3.29. The molecular formula is C21H20FN3O2. The number of ether oxygens (including phenoxy) is 2. The van der Waals surface area contributed by atoms with E-state index in [1.807, 2.05) is 24.3 Å². The van der Waals surface area contributed by atoms with Crippen LogP contribution in [0.5, 0.6) is 5.75 Å². The fraction of sp³-hybridized carbons (Fsp3) is 0.238. The number of halogens is 1. The van der Waals surface area contributed by atoms with Gasteiger partial charge in [0.05, 0.1) is 6.61 Å². The number of benzene rings is 2. The van der Waals surface area contributed by atoms with Gasteiger partial charge in [-0.3, -0.25) is 0 Å². The van der Waals surface area contributed by atoms with Gasteiger partial charge in [0, 0.05) is 24.7 Å². The van der Waals surface area contributed by atoms with Crippen LogP contribution in [-0.4, -0.2) is 23.3 Å². The van der Waals surface area contributed by atoms with Gasteiger partial charge in [0.25, 0.3) is 0 Å². The Morgan fingerprint density at radius 1 is 1.11 bits per heavy atom. The van der Waals surface area contributed by atoms with Crippen LogP contribution in [-0.2, 0) is 24.2 Å². The van der Waals surface area contributed by atoms with Crippen LogP contribution in [0.3, 0.4) is 0 Å². The fourth-order valence-corrected chi connectivity index (χ4v) is 3.13. The molecule has 4 rings (SSSR count). The van der Waals surface area contributed by atoms with Crippen molar-refractivity contribution in [1.82, 2.24) is 9.97 Å². The molecule has 0 radical (unpaired) electrons. The standard InChI is InChI=1S/C21H20FN3O2/c22-18-11-16(21-17(12-18)13-26-14-27-21)6-8-23-19-7-9-24-20(25-19)10-15-4-2-1-3-5-15/h1-5,7,9,11-12H,6,8,10,13-14H2,(H,23,24,25). The summed E-state index contributed by atoms with van der Waals surface area (Å²) in [5.74, 6) is 1.97. The molecule has 0 spiro atoms. The average molecular weight is 365 g/mol. The van der Waals surface area contributed by atoms with Gasteiger partial charge in [-0.25, -0.2) is 14.4 Å². The number of hydrogen-bond acceptors (Lipinski definition) is 5. The van der Waals surface area contributed by atoms with E-state index in [0.29, 0.717) is 26.0 Å². The number of nitrogens with zero attached hydrogens (tertiary/aromatic N) is 2. The highest BCUT2D eigenvalue weighted by Crippen LogP contribution is 2.29. The molecule has 6 heteroatoms. The van der Waals surface area contributed by atoms with Gasteiger partial charge in [0.2, 0.25) is 0 Å². The van der Waals surface area contributed by atoms with Crippen molar-refractivity contribution in [2.45, 2.75) is 19.4 Å². The number of nitrogens with one attached hydrogen (secondary N) is 1. The number of hydrogen-bond donors (Lipinski definition) is 1. The molecule has 1 aliphatic rings. The second-order valence-electron chi connectivity index (χ2n) is 6.36. The minimum absolute atomic E-state index is 0.202. The van der Waals surface area contributed by atoms with Crippen LogP contribution in [0.2, 0.25) is 0 Å². The summed E-state index contributed by atoms with van der Waals surface area (Å²) in [6, 6.07) is 14.9. The zero-order valence-corrected chi connectivity index (χ0v) is 14.8. The molecule has 2 aromatic carbocycles. The highest BCUT2D eigenvalue weighted by Gasteiger charge is 2.16. The minimum Gasteiger partial charge on any atom is -0.467 e. The highest BCUT2D eigenvalue weighted by atomic mass is 19.1. The molecule has 5 nitrogen and oxygen atoms in total. The van der Waals surface area contributed by atoms with Crippen LogP contribution in [0.4, 0.5) is 10.2 Å². The Bertz CT molecular complexity index is 919. The summed E-state index contributed by atoms with van der Waals surface area (Å²) in [4.78, 5) is 8.89. The molecule has 0 fully saturated rings. The Morgan fingerprint density at radius 2 is 2.00 bits per heavy atom. The van der Waals surface area contributed by atoms with E-state index in [2.05, 4.69) is 27.4 Å². The first-order valence-corrected chi connectivity index (χ1v) is 8.89. The summed E-state index contributed by atoms with van der Waals surface area (Å²) in [6.45, 7) is 1.19. The van der Waals surface area contributed by atoms with E-state index < -0.39 is 0 Å². The molecule has 0 bridgehead atoms. The first-order valence-electron chi connectivity index (χ1n) is 8.89. The third-order valence-corrected chi connectivity index (χ3v) is 4.36. The van der Waals surface area contributed by atoms with Crippen LogP contribution in [0, 0.1) is 5.82 Å². The molecule has 0 saturated heterocycles.